The second kappa shape index (κ2) is 6.71. The monoisotopic (exact) mass is 280 g/mol. The quantitative estimate of drug-likeness (QED) is 0.715. The second-order valence-corrected chi connectivity index (χ2v) is 5.71. The zero-order valence-electron chi connectivity index (χ0n) is 13.5. The van der Waals surface area contributed by atoms with E-state index < -0.39 is 0 Å². The summed E-state index contributed by atoms with van der Waals surface area (Å²) >= 11 is 0. The van der Waals surface area contributed by atoms with Crippen LogP contribution in [0.5, 0.6) is 0 Å². The van der Waals surface area contributed by atoms with Crippen molar-refractivity contribution < 1.29 is 4.79 Å². The van der Waals surface area contributed by atoms with Gasteiger partial charge in [0.1, 0.15) is 0 Å². The summed E-state index contributed by atoms with van der Waals surface area (Å²) in [6, 6.07) is 12.4. The van der Waals surface area contributed by atoms with Crippen LogP contribution >= 0.6 is 0 Å². The van der Waals surface area contributed by atoms with E-state index in [1.807, 2.05) is 6.07 Å². The molecule has 0 aliphatic heterocycles. The molecule has 0 spiro atoms. The molecule has 1 heteroatoms. The molecule has 0 radical (unpaired) electrons. The molecule has 21 heavy (non-hydrogen) atoms. The van der Waals surface area contributed by atoms with Gasteiger partial charge in [-0.05, 0) is 60.6 Å². The van der Waals surface area contributed by atoms with Crippen molar-refractivity contribution in [3.05, 3.63) is 69.8 Å². The van der Waals surface area contributed by atoms with Crippen LogP contribution in [0.25, 0.3) is 0 Å². The van der Waals surface area contributed by atoms with Crippen molar-refractivity contribution in [3.8, 4) is 0 Å². The first-order valence-corrected chi connectivity index (χ1v) is 7.76. The largest absolute Gasteiger partial charge is 0.294 e. The highest BCUT2D eigenvalue weighted by molar-refractivity contribution is 5.97. The van der Waals surface area contributed by atoms with E-state index in [1.54, 1.807) is 0 Å². The molecule has 0 heterocycles. The SMILES string of the molecule is CCc1ccc(C(=O)Cc2ccc(C)c(C)c2)cc1CC. The summed E-state index contributed by atoms with van der Waals surface area (Å²) in [6.45, 7) is 8.49. The summed E-state index contributed by atoms with van der Waals surface area (Å²) in [6.07, 6.45) is 2.48. The van der Waals surface area contributed by atoms with Gasteiger partial charge in [0.2, 0.25) is 0 Å². The van der Waals surface area contributed by atoms with E-state index in [2.05, 4.69) is 58.0 Å². The van der Waals surface area contributed by atoms with E-state index >= 15 is 0 Å². The first-order chi connectivity index (χ1) is 10.0. The van der Waals surface area contributed by atoms with Gasteiger partial charge in [-0.2, -0.15) is 0 Å². The van der Waals surface area contributed by atoms with Crippen LogP contribution in [-0.2, 0) is 19.3 Å². The molecule has 0 saturated heterocycles. The molecule has 0 N–H and O–H groups in total. The molecule has 0 aliphatic rings. The third kappa shape index (κ3) is 3.60. The molecule has 1 nitrogen and oxygen atoms in total. The van der Waals surface area contributed by atoms with E-state index in [0.29, 0.717) is 6.42 Å². The Morgan fingerprint density at radius 3 is 2.19 bits per heavy atom. The lowest BCUT2D eigenvalue weighted by molar-refractivity contribution is 0.0993. The fourth-order valence-corrected chi connectivity index (χ4v) is 2.67. The smallest absolute Gasteiger partial charge is 0.167 e. The van der Waals surface area contributed by atoms with Crippen LogP contribution < -0.4 is 0 Å². The van der Waals surface area contributed by atoms with E-state index in [1.165, 1.54) is 22.3 Å². The minimum atomic E-state index is 0.204. The van der Waals surface area contributed by atoms with Gasteiger partial charge in [-0.15, -0.1) is 0 Å². The third-order valence-corrected chi connectivity index (χ3v) is 4.23. The number of carbonyl (C=O) groups excluding carboxylic acids is 1. The lowest BCUT2D eigenvalue weighted by atomic mass is 9.95. The number of aryl methyl sites for hydroxylation is 4. The van der Waals surface area contributed by atoms with Crippen molar-refractivity contribution in [1.82, 2.24) is 0 Å². The Hall–Kier alpha value is -1.89. The van der Waals surface area contributed by atoms with Gasteiger partial charge >= 0.3 is 0 Å². The van der Waals surface area contributed by atoms with Gasteiger partial charge < -0.3 is 0 Å². The van der Waals surface area contributed by atoms with Gasteiger partial charge in [-0.3, -0.25) is 4.79 Å². The molecule has 0 unspecified atom stereocenters. The molecule has 2 aromatic carbocycles. The van der Waals surface area contributed by atoms with Crippen LogP contribution in [0.4, 0.5) is 0 Å². The lowest BCUT2D eigenvalue weighted by Crippen LogP contribution is -2.05. The van der Waals surface area contributed by atoms with Crippen molar-refractivity contribution in [1.29, 1.82) is 0 Å². The number of carbonyl (C=O) groups is 1. The van der Waals surface area contributed by atoms with Gasteiger partial charge in [-0.1, -0.05) is 44.2 Å². The fourth-order valence-electron chi connectivity index (χ4n) is 2.67. The van der Waals surface area contributed by atoms with E-state index in [0.717, 1.165) is 24.0 Å². The Bertz CT molecular complexity index is 653. The molecule has 0 amide bonds. The average Bonchev–Trinajstić information content (AvgIpc) is 2.50. The van der Waals surface area contributed by atoms with Crippen molar-refractivity contribution in [2.45, 2.75) is 47.0 Å². The minimum Gasteiger partial charge on any atom is -0.294 e. The van der Waals surface area contributed by atoms with Crippen molar-refractivity contribution in [3.63, 3.8) is 0 Å². The van der Waals surface area contributed by atoms with Crippen LogP contribution in [0.3, 0.4) is 0 Å². The first-order valence-electron chi connectivity index (χ1n) is 7.76. The summed E-state index contributed by atoms with van der Waals surface area (Å²) in [7, 11) is 0. The summed E-state index contributed by atoms with van der Waals surface area (Å²) in [4.78, 5) is 12.5. The summed E-state index contributed by atoms with van der Waals surface area (Å²) in [5.74, 6) is 0.204. The van der Waals surface area contributed by atoms with Gasteiger partial charge in [0.25, 0.3) is 0 Å². The zero-order chi connectivity index (χ0) is 15.4. The molecule has 0 aliphatic carbocycles. The van der Waals surface area contributed by atoms with Crippen LogP contribution in [0.15, 0.2) is 36.4 Å². The van der Waals surface area contributed by atoms with Gasteiger partial charge in [0, 0.05) is 12.0 Å². The summed E-state index contributed by atoms with van der Waals surface area (Å²) in [5.41, 5.74) is 7.09. The molecule has 0 aromatic heterocycles. The Morgan fingerprint density at radius 1 is 0.857 bits per heavy atom. The average molecular weight is 280 g/mol. The van der Waals surface area contributed by atoms with Crippen molar-refractivity contribution in [2.24, 2.45) is 0 Å². The number of ketones is 1. The first kappa shape index (κ1) is 15.5. The van der Waals surface area contributed by atoms with Crippen LogP contribution in [0, 0.1) is 13.8 Å². The lowest BCUT2D eigenvalue weighted by Gasteiger charge is -2.09. The summed E-state index contributed by atoms with van der Waals surface area (Å²) in [5, 5.41) is 0. The molecule has 0 atom stereocenters. The number of hydrogen-bond acceptors (Lipinski definition) is 1. The predicted molar refractivity (Wildman–Crippen MR) is 89.1 cm³/mol. The Balaban J connectivity index is 2.21. The Morgan fingerprint density at radius 2 is 1.57 bits per heavy atom. The maximum Gasteiger partial charge on any atom is 0.167 e. The van der Waals surface area contributed by atoms with Crippen LogP contribution in [0.1, 0.15) is 52.0 Å². The van der Waals surface area contributed by atoms with E-state index in [4.69, 9.17) is 0 Å². The topological polar surface area (TPSA) is 17.1 Å². The highest BCUT2D eigenvalue weighted by Gasteiger charge is 2.10. The molecule has 2 aromatic rings. The number of rotatable bonds is 5. The highest BCUT2D eigenvalue weighted by Crippen LogP contribution is 2.17. The fraction of sp³-hybridized carbons (Fsp3) is 0.350. The molecule has 0 saturated carbocycles. The molecule has 110 valence electrons. The maximum atomic E-state index is 12.5. The van der Waals surface area contributed by atoms with Gasteiger partial charge in [0.05, 0.1) is 0 Å². The predicted octanol–water partition coefficient (Wildman–Crippen LogP) is 4.85. The number of hydrogen-bond donors (Lipinski definition) is 0. The number of benzene rings is 2. The van der Waals surface area contributed by atoms with Crippen molar-refractivity contribution >= 4 is 5.78 Å². The molecular weight excluding hydrogens is 256 g/mol. The normalized spacial score (nSPS) is 10.7. The minimum absolute atomic E-state index is 0.204. The van der Waals surface area contributed by atoms with E-state index in [-0.39, 0.29) is 5.78 Å². The van der Waals surface area contributed by atoms with Crippen LogP contribution in [0.2, 0.25) is 0 Å². The van der Waals surface area contributed by atoms with Gasteiger partial charge in [0.15, 0.2) is 5.78 Å². The molecular formula is C20H24O. The zero-order valence-corrected chi connectivity index (χ0v) is 13.5. The third-order valence-electron chi connectivity index (χ3n) is 4.23. The van der Waals surface area contributed by atoms with Crippen LogP contribution in [-0.4, -0.2) is 5.78 Å². The molecule has 0 bridgehead atoms. The van der Waals surface area contributed by atoms with Crippen molar-refractivity contribution in [2.75, 3.05) is 0 Å². The molecule has 2 rings (SSSR count). The maximum absolute atomic E-state index is 12.5. The summed E-state index contributed by atoms with van der Waals surface area (Å²) < 4.78 is 0. The Labute approximate surface area is 128 Å². The standard InChI is InChI=1S/C20H24O/c1-5-17-9-10-19(13-18(17)6-2)20(21)12-16-8-7-14(3)15(4)11-16/h7-11,13H,5-6,12H2,1-4H3. The van der Waals surface area contributed by atoms with E-state index in [9.17, 15) is 4.79 Å². The Kier molecular flexibility index (Phi) is 4.95. The molecule has 0 fully saturated rings. The highest BCUT2D eigenvalue weighted by atomic mass is 16.1. The second-order valence-electron chi connectivity index (χ2n) is 5.71. The number of Topliss-reactive ketones (excluding diaryl/α,β-unsaturated/α-hetero) is 1. The van der Waals surface area contributed by atoms with Gasteiger partial charge in [-0.25, -0.2) is 0 Å².